The highest BCUT2D eigenvalue weighted by atomic mass is 16.5. The van der Waals surface area contributed by atoms with Crippen molar-refractivity contribution >= 4 is 17.5 Å². The van der Waals surface area contributed by atoms with E-state index < -0.39 is 17.4 Å². The predicted molar refractivity (Wildman–Crippen MR) is 114 cm³/mol. The largest absolute Gasteiger partial charge is 0.360 e. The zero-order valence-corrected chi connectivity index (χ0v) is 18.2. The molecule has 1 aromatic heterocycles. The van der Waals surface area contributed by atoms with E-state index in [-0.39, 0.29) is 17.9 Å². The Bertz CT molecular complexity index is 1060. The first-order valence-corrected chi connectivity index (χ1v) is 10.7. The molecule has 31 heavy (non-hydrogen) atoms. The lowest BCUT2D eigenvalue weighted by Gasteiger charge is -2.27. The zero-order chi connectivity index (χ0) is 21.9. The van der Waals surface area contributed by atoms with Crippen molar-refractivity contribution in [2.45, 2.75) is 44.9 Å². The molecule has 2 amide bonds. The van der Waals surface area contributed by atoms with Crippen LogP contribution in [-0.4, -0.2) is 47.2 Å². The minimum Gasteiger partial charge on any atom is -0.360 e. The molecule has 0 aliphatic carbocycles. The SMILES string of the molecule is Cc1cc(CN(C)C(=O)[C@@H]2[C@@H]3C=C[C@@]4(CN(c5ccc(C(C)C)cc5)C(=O)[C@@H]24)O3)on1. The molecule has 1 aromatic carbocycles. The van der Waals surface area contributed by atoms with E-state index in [0.29, 0.717) is 24.8 Å². The fraction of sp³-hybridized carbons (Fsp3) is 0.458. The molecule has 2 saturated heterocycles. The number of fused-ring (bicyclic) bond motifs is 1. The molecule has 7 heteroatoms. The van der Waals surface area contributed by atoms with Gasteiger partial charge in [0.1, 0.15) is 5.60 Å². The van der Waals surface area contributed by atoms with Crippen LogP contribution in [0.5, 0.6) is 0 Å². The van der Waals surface area contributed by atoms with Gasteiger partial charge in [-0.15, -0.1) is 0 Å². The molecular formula is C24H27N3O4. The third kappa shape index (κ3) is 3.10. The average molecular weight is 421 g/mol. The first-order chi connectivity index (χ1) is 14.8. The normalized spacial score (nSPS) is 28.6. The summed E-state index contributed by atoms with van der Waals surface area (Å²) in [6.45, 7) is 6.86. The zero-order valence-electron chi connectivity index (χ0n) is 18.2. The van der Waals surface area contributed by atoms with E-state index in [4.69, 9.17) is 9.26 Å². The van der Waals surface area contributed by atoms with Crippen LogP contribution in [0.1, 0.15) is 36.8 Å². The second-order valence-corrected chi connectivity index (χ2v) is 9.20. The molecule has 3 aliphatic heterocycles. The van der Waals surface area contributed by atoms with Gasteiger partial charge in [-0.05, 0) is 30.5 Å². The average Bonchev–Trinajstić information content (AvgIpc) is 3.49. The first kappa shape index (κ1) is 20.0. The van der Waals surface area contributed by atoms with Crippen LogP contribution in [0.15, 0.2) is 47.0 Å². The Labute approximate surface area is 181 Å². The number of aromatic nitrogens is 1. The Balaban J connectivity index is 1.39. The lowest BCUT2D eigenvalue weighted by molar-refractivity contribution is -0.139. The smallest absolute Gasteiger partial charge is 0.234 e. The number of hydrogen-bond acceptors (Lipinski definition) is 5. The molecule has 2 fully saturated rings. The van der Waals surface area contributed by atoms with E-state index in [1.54, 1.807) is 16.8 Å². The van der Waals surface area contributed by atoms with Gasteiger partial charge in [-0.25, -0.2) is 0 Å². The van der Waals surface area contributed by atoms with Crippen LogP contribution in [0.3, 0.4) is 0 Å². The second kappa shape index (κ2) is 7.05. The number of amides is 2. The van der Waals surface area contributed by atoms with Crippen LogP contribution < -0.4 is 4.90 Å². The molecule has 2 aromatic rings. The Kier molecular flexibility index (Phi) is 4.55. The Morgan fingerprint density at radius 1 is 1.32 bits per heavy atom. The van der Waals surface area contributed by atoms with Gasteiger partial charge in [0.05, 0.1) is 36.7 Å². The van der Waals surface area contributed by atoms with Gasteiger partial charge in [-0.1, -0.05) is 43.3 Å². The molecule has 0 N–H and O–H groups in total. The molecule has 162 valence electrons. The van der Waals surface area contributed by atoms with Crippen LogP contribution in [0, 0.1) is 18.8 Å². The van der Waals surface area contributed by atoms with E-state index in [0.717, 1.165) is 11.4 Å². The fourth-order valence-corrected chi connectivity index (χ4v) is 5.09. The van der Waals surface area contributed by atoms with Crippen molar-refractivity contribution in [1.29, 1.82) is 0 Å². The van der Waals surface area contributed by atoms with Crippen LogP contribution in [-0.2, 0) is 20.9 Å². The quantitative estimate of drug-likeness (QED) is 0.694. The lowest BCUT2D eigenvalue weighted by atomic mass is 9.76. The van der Waals surface area contributed by atoms with Gasteiger partial charge in [0.15, 0.2) is 5.76 Å². The van der Waals surface area contributed by atoms with Gasteiger partial charge in [0.2, 0.25) is 11.8 Å². The third-order valence-electron chi connectivity index (χ3n) is 6.70. The molecular weight excluding hydrogens is 394 g/mol. The number of hydrogen-bond donors (Lipinski definition) is 0. The molecule has 0 saturated carbocycles. The van der Waals surface area contributed by atoms with Gasteiger partial charge in [-0.3, -0.25) is 9.59 Å². The van der Waals surface area contributed by atoms with Crippen molar-refractivity contribution in [3.63, 3.8) is 0 Å². The molecule has 0 unspecified atom stereocenters. The fourth-order valence-electron chi connectivity index (χ4n) is 5.09. The second-order valence-electron chi connectivity index (χ2n) is 9.20. The van der Waals surface area contributed by atoms with E-state index in [1.807, 2.05) is 37.3 Å². The summed E-state index contributed by atoms with van der Waals surface area (Å²) in [6.07, 6.45) is 3.54. The Morgan fingerprint density at radius 2 is 2.06 bits per heavy atom. The summed E-state index contributed by atoms with van der Waals surface area (Å²) in [5.41, 5.74) is 2.10. The van der Waals surface area contributed by atoms with Crippen molar-refractivity contribution in [1.82, 2.24) is 10.1 Å². The van der Waals surface area contributed by atoms with E-state index in [2.05, 4.69) is 31.1 Å². The highest BCUT2D eigenvalue weighted by molar-refractivity contribution is 6.03. The minimum absolute atomic E-state index is 0.0496. The monoisotopic (exact) mass is 421 g/mol. The van der Waals surface area contributed by atoms with Gasteiger partial charge >= 0.3 is 0 Å². The van der Waals surface area contributed by atoms with Crippen molar-refractivity contribution in [2.24, 2.45) is 11.8 Å². The maximum atomic E-state index is 13.5. The number of benzene rings is 1. The molecule has 3 aliphatic rings. The molecule has 2 bridgehead atoms. The standard InChI is InChI=1S/C24H27N3O4/c1-14(2)16-5-7-17(8-6-16)27-13-24-10-9-19(30-24)20(21(24)23(27)29)22(28)26(4)12-18-11-15(3)25-31-18/h5-11,14,19-21H,12-13H2,1-4H3/t19-,20+,21+,24-/m0/s1. The highest BCUT2D eigenvalue weighted by Gasteiger charge is 2.67. The topological polar surface area (TPSA) is 75.9 Å². The summed E-state index contributed by atoms with van der Waals surface area (Å²) in [4.78, 5) is 30.2. The number of aryl methyl sites for hydroxylation is 1. The van der Waals surface area contributed by atoms with E-state index in [9.17, 15) is 9.59 Å². The summed E-state index contributed by atoms with van der Waals surface area (Å²) >= 11 is 0. The number of carbonyl (C=O) groups is 2. The van der Waals surface area contributed by atoms with Crippen molar-refractivity contribution < 1.29 is 18.8 Å². The summed E-state index contributed by atoms with van der Waals surface area (Å²) < 4.78 is 11.5. The summed E-state index contributed by atoms with van der Waals surface area (Å²) in [7, 11) is 1.73. The molecule has 4 atom stereocenters. The maximum absolute atomic E-state index is 13.5. The molecule has 4 heterocycles. The summed E-state index contributed by atoms with van der Waals surface area (Å²) in [6, 6.07) is 9.89. The number of anilines is 1. The number of ether oxygens (including phenoxy) is 1. The molecule has 1 spiro atoms. The van der Waals surface area contributed by atoms with Gasteiger partial charge in [0, 0.05) is 18.8 Å². The Hall–Kier alpha value is -2.93. The first-order valence-electron chi connectivity index (χ1n) is 10.7. The maximum Gasteiger partial charge on any atom is 0.234 e. The summed E-state index contributed by atoms with van der Waals surface area (Å²) in [5.74, 6) is -0.168. The number of nitrogens with zero attached hydrogens (tertiary/aromatic N) is 3. The summed E-state index contributed by atoms with van der Waals surface area (Å²) in [5, 5.41) is 3.88. The minimum atomic E-state index is -0.734. The van der Waals surface area contributed by atoms with Crippen LogP contribution in [0.25, 0.3) is 0 Å². The molecule has 5 rings (SSSR count). The third-order valence-corrected chi connectivity index (χ3v) is 6.70. The van der Waals surface area contributed by atoms with E-state index >= 15 is 0 Å². The van der Waals surface area contributed by atoms with Crippen molar-refractivity contribution in [3.05, 3.63) is 59.5 Å². The van der Waals surface area contributed by atoms with Crippen LogP contribution in [0.2, 0.25) is 0 Å². The lowest BCUT2D eigenvalue weighted by Crippen LogP contribution is -2.44. The van der Waals surface area contributed by atoms with E-state index in [1.165, 1.54) is 5.56 Å². The number of carbonyl (C=O) groups excluding carboxylic acids is 2. The van der Waals surface area contributed by atoms with Gasteiger partial charge < -0.3 is 19.1 Å². The molecule has 7 nitrogen and oxygen atoms in total. The highest BCUT2D eigenvalue weighted by Crippen LogP contribution is 2.53. The Morgan fingerprint density at radius 3 is 2.71 bits per heavy atom. The number of rotatable bonds is 5. The van der Waals surface area contributed by atoms with Crippen molar-refractivity contribution in [3.8, 4) is 0 Å². The predicted octanol–water partition coefficient (Wildman–Crippen LogP) is 3.05. The van der Waals surface area contributed by atoms with Gasteiger partial charge in [0.25, 0.3) is 0 Å². The van der Waals surface area contributed by atoms with Crippen LogP contribution >= 0.6 is 0 Å². The van der Waals surface area contributed by atoms with Crippen molar-refractivity contribution in [2.75, 3.05) is 18.5 Å². The molecule has 0 radical (unpaired) electrons. The van der Waals surface area contributed by atoms with Gasteiger partial charge in [-0.2, -0.15) is 0 Å². The van der Waals surface area contributed by atoms with Crippen LogP contribution in [0.4, 0.5) is 5.69 Å².